The van der Waals surface area contributed by atoms with Gasteiger partial charge in [-0.05, 0) is 41.7 Å². The van der Waals surface area contributed by atoms with E-state index in [2.05, 4.69) is 25.9 Å². The van der Waals surface area contributed by atoms with Crippen LogP contribution in [0.5, 0.6) is 5.75 Å². The molecule has 1 N–H and O–H groups in total. The Morgan fingerprint density at radius 3 is 2.25 bits per heavy atom. The Morgan fingerprint density at radius 1 is 1.14 bits per heavy atom. The summed E-state index contributed by atoms with van der Waals surface area (Å²) in [5.41, 5.74) is 1.55. The molecule has 28 heavy (non-hydrogen) atoms. The van der Waals surface area contributed by atoms with E-state index in [1.165, 1.54) is 5.01 Å². The quantitative estimate of drug-likeness (QED) is 0.852. The minimum absolute atomic E-state index is 0.00653. The first-order chi connectivity index (χ1) is 13.2. The van der Waals surface area contributed by atoms with Gasteiger partial charge in [0, 0.05) is 23.3 Å². The van der Waals surface area contributed by atoms with Gasteiger partial charge in [-0.1, -0.05) is 52.0 Å². The highest BCUT2D eigenvalue weighted by Gasteiger charge is 2.45. The molecule has 148 valence electrons. The molecule has 0 unspecified atom stereocenters. The van der Waals surface area contributed by atoms with Crippen LogP contribution in [0, 0.1) is 0 Å². The third kappa shape index (κ3) is 3.67. The van der Waals surface area contributed by atoms with Gasteiger partial charge in [0.25, 0.3) is 5.91 Å². The van der Waals surface area contributed by atoms with Crippen LogP contribution in [0.3, 0.4) is 0 Å². The van der Waals surface area contributed by atoms with Crippen LogP contribution in [0.1, 0.15) is 62.0 Å². The number of amides is 1. The van der Waals surface area contributed by atoms with Crippen LogP contribution in [-0.2, 0) is 11.1 Å². The summed E-state index contributed by atoms with van der Waals surface area (Å²) >= 11 is 0. The summed E-state index contributed by atoms with van der Waals surface area (Å²) in [6.07, 6.45) is 0.965. The lowest BCUT2D eigenvalue weighted by Crippen LogP contribution is -2.43. The summed E-state index contributed by atoms with van der Waals surface area (Å²) in [7, 11) is 1.59. The number of rotatable bonds is 4. The molecule has 0 spiro atoms. The van der Waals surface area contributed by atoms with Crippen LogP contribution in [0.4, 0.5) is 0 Å². The Balaban J connectivity index is 1.96. The second-order valence-electron chi connectivity index (χ2n) is 8.19. The van der Waals surface area contributed by atoms with Crippen molar-refractivity contribution >= 4 is 11.6 Å². The fourth-order valence-electron chi connectivity index (χ4n) is 3.35. The van der Waals surface area contributed by atoms with Gasteiger partial charge >= 0.3 is 0 Å². The molecule has 0 saturated carbocycles. The van der Waals surface area contributed by atoms with Gasteiger partial charge in [-0.2, -0.15) is 10.1 Å². The molecule has 0 fully saturated rings. The van der Waals surface area contributed by atoms with Gasteiger partial charge in [0.15, 0.2) is 5.72 Å². The number of methoxy groups -OCH3 is 1. The lowest BCUT2D eigenvalue weighted by molar-refractivity contribution is -0.0765. The predicted octanol–water partition coefficient (Wildman–Crippen LogP) is 4.45. The van der Waals surface area contributed by atoms with Crippen molar-refractivity contribution < 1.29 is 14.6 Å². The minimum Gasteiger partial charge on any atom is -0.497 e. The number of carbonyl (C=O) groups excluding carboxylic acids is 1. The van der Waals surface area contributed by atoms with E-state index in [0.717, 1.165) is 11.3 Å². The molecule has 1 atom stereocenters. The third-order valence-electron chi connectivity index (χ3n) is 5.19. The topological polar surface area (TPSA) is 62.1 Å². The summed E-state index contributed by atoms with van der Waals surface area (Å²) in [6.45, 7) is 8.36. The van der Waals surface area contributed by atoms with Crippen LogP contribution in [0.15, 0.2) is 53.6 Å². The first-order valence-corrected chi connectivity index (χ1v) is 9.57. The normalized spacial score (nSPS) is 19.5. The fraction of sp³-hybridized carbons (Fsp3) is 0.391. The summed E-state index contributed by atoms with van der Waals surface area (Å²) in [6, 6.07) is 14.6. The highest BCUT2D eigenvalue weighted by molar-refractivity contribution is 5.98. The average molecular weight is 380 g/mol. The third-order valence-corrected chi connectivity index (χ3v) is 5.19. The molecule has 1 amide bonds. The molecular weight excluding hydrogens is 352 g/mol. The first kappa shape index (κ1) is 20.1. The van der Waals surface area contributed by atoms with Gasteiger partial charge in [-0.3, -0.25) is 4.79 Å². The van der Waals surface area contributed by atoms with Crippen LogP contribution in [0.2, 0.25) is 0 Å². The Hall–Kier alpha value is -2.66. The summed E-state index contributed by atoms with van der Waals surface area (Å²) in [4.78, 5) is 13.2. The molecule has 0 aliphatic carbocycles. The predicted molar refractivity (Wildman–Crippen MR) is 111 cm³/mol. The van der Waals surface area contributed by atoms with Gasteiger partial charge in [0.1, 0.15) is 5.75 Å². The van der Waals surface area contributed by atoms with E-state index in [1.54, 1.807) is 43.5 Å². The monoisotopic (exact) mass is 380 g/mol. The SMILES string of the molecule is CCC1=NN(C(=O)c2ccc(C(C)(C)C)cc2)[C@@](O)(c2ccc(OC)cc2)C1. The molecule has 3 rings (SSSR count). The Labute approximate surface area is 166 Å². The molecule has 5 heteroatoms. The van der Waals surface area contributed by atoms with Crippen molar-refractivity contribution in [3.05, 3.63) is 65.2 Å². The van der Waals surface area contributed by atoms with E-state index in [1.807, 2.05) is 19.1 Å². The summed E-state index contributed by atoms with van der Waals surface area (Å²) in [5, 5.41) is 17.1. The number of hydrogen-bond donors (Lipinski definition) is 1. The zero-order chi connectivity index (χ0) is 20.5. The van der Waals surface area contributed by atoms with Crippen molar-refractivity contribution in [1.29, 1.82) is 0 Å². The van der Waals surface area contributed by atoms with Crippen molar-refractivity contribution in [2.45, 2.75) is 51.7 Å². The van der Waals surface area contributed by atoms with E-state index in [4.69, 9.17) is 4.74 Å². The van der Waals surface area contributed by atoms with Gasteiger partial charge in [-0.15, -0.1) is 0 Å². The van der Waals surface area contributed by atoms with Gasteiger partial charge in [0.2, 0.25) is 0 Å². The van der Waals surface area contributed by atoms with Crippen molar-refractivity contribution in [3.63, 3.8) is 0 Å². The van der Waals surface area contributed by atoms with Crippen LogP contribution < -0.4 is 4.74 Å². The van der Waals surface area contributed by atoms with Crippen molar-refractivity contribution in [2.75, 3.05) is 7.11 Å². The molecule has 1 aliphatic heterocycles. The maximum absolute atomic E-state index is 13.2. The first-order valence-electron chi connectivity index (χ1n) is 9.57. The van der Waals surface area contributed by atoms with E-state index in [-0.39, 0.29) is 11.3 Å². The average Bonchev–Trinajstić information content (AvgIpc) is 3.05. The summed E-state index contributed by atoms with van der Waals surface area (Å²) < 4.78 is 5.20. The molecule has 0 radical (unpaired) electrons. The highest BCUT2D eigenvalue weighted by atomic mass is 16.5. The molecule has 1 aliphatic rings. The second kappa shape index (κ2) is 7.40. The molecule has 2 aromatic carbocycles. The largest absolute Gasteiger partial charge is 0.497 e. The number of hydrazone groups is 1. The minimum atomic E-state index is -1.50. The fourth-order valence-corrected chi connectivity index (χ4v) is 3.35. The number of nitrogens with zero attached hydrogens (tertiary/aromatic N) is 2. The van der Waals surface area contributed by atoms with Gasteiger partial charge in [-0.25, -0.2) is 0 Å². The molecule has 5 nitrogen and oxygen atoms in total. The van der Waals surface area contributed by atoms with Crippen LogP contribution >= 0.6 is 0 Å². The van der Waals surface area contributed by atoms with Crippen molar-refractivity contribution in [3.8, 4) is 5.75 Å². The van der Waals surface area contributed by atoms with Gasteiger partial charge in [0.05, 0.1) is 7.11 Å². The number of aliphatic hydroxyl groups is 1. The van der Waals surface area contributed by atoms with Crippen LogP contribution in [0.25, 0.3) is 0 Å². The molecule has 0 saturated heterocycles. The standard InChI is InChI=1S/C23H28N2O3/c1-6-19-15-23(27,18-11-13-20(28-5)14-12-18)25(24-19)21(26)16-7-9-17(10-8-16)22(2,3)4/h7-14,27H,6,15H2,1-5H3/t23-/m0/s1. The smallest absolute Gasteiger partial charge is 0.276 e. The number of carbonyl (C=O) groups is 1. The van der Waals surface area contributed by atoms with E-state index in [0.29, 0.717) is 29.7 Å². The van der Waals surface area contributed by atoms with Gasteiger partial charge < -0.3 is 9.84 Å². The molecule has 1 heterocycles. The van der Waals surface area contributed by atoms with Crippen molar-refractivity contribution in [2.24, 2.45) is 5.10 Å². The maximum atomic E-state index is 13.2. The lowest BCUT2D eigenvalue weighted by atomic mass is 9.86. The molecule has 2 aromatic rings. The highest BCUT2D eigenvalue weighted by Crippen LogP contribution is 2.37. The Bertz CT molecular complexity index is 880. The van der Waals surface area contributed by atoms with E-state index in [9.17, 15) is 9.90 Å². The zero-order valence-corrected chi connectivity index (χ0v) is 17.2. The van der Waals surface area contributed by atoms with Crippen molar-refractivity contribution in [1.82, 2.24) is 5.01 Å². The Kier molecular flexibility index (Phi) is 5.31. The molecule has 0 aromatic heterocycles. The lowest BCUT2D eigenvalue weighted by Gasteiger charge is -2.31. The molecular formula is C23H28N2O3. The maximum Gasteiger partial charge on any atom is 0.276 e. The summed E-state index contributed by atoms with van der Waals surface area (Å²) in [5.74, 6) is 0.375. The number of benzene rings is 2. The molecule has 0 bridgehead atoms. The van der Waals surface area contributed by atoms with E-state index >= 15 is 0 Å². The Morgan fingerprint density at radius 2 is 1.75 bits per heavy atom. The second-order valence-corrected chi connectivity index (χ2v) is 8.19. The zero-order valence-electron chi connectivity index (χ0n) is 17.2. The van der Waals surface area contributed by atoms with E-state index < -0.39 is 5.72 Å². The number of hydrogen-bond acceptors (Lipinski definition) is 4. The van der Waals surface area contributed by atoms with Crippen LogP contribution in [-0.4, -0.2) is 28.8 Å². The number of ether oxygens (including phenoxy) is 1.